The SMILES string of the molecule is CCN(CC)S(=O)(=O)c1ccc(Cl)c(C(=O)N2CCC[C@H](C)C2)c1. The molecule has 0 spiro atoms. The molecule has 5 nitrogen and oxygen atoms in total. The molecule has 24 heavy (non-hydrogen) atoms. The Morgan fingerprint density at radius 2 is 2.00 bits per heavy atom. The van der Waals surface area contributed by atoms with Gasteiger partial charge >= 0.3 is 0 Å². The summed E-state index contributed by atoms with van der Waals surface area (Å²) in [5.41, 5.74) is 0.263. The summed E-state index contributed by atoms with van der Waals surface area (Å²) in [6.07, 6.45) is 2.07. The molecule has 1 fully saturated rings. The number of nitrogens with zero attached hydrogens (tertiary/aromatic N) is 2. The van der Waals surface area contributed by atoms with Gasteiger partial charge < -0.3 is 4.90 Å². The van der Waals surface area contributed by atoms with Crippen molar-refractivity contribution in [2.45, 2.75) is 38.5 Å². The Bertz CT molecular complexity index is 702. The van der Waals surface area contributed by atoms with Gasteiger partial charge in [0.05, 0.1) is 15.5 Å². The predicted molar refractivity (Wildman–Crippen MR) is 95.9 cm³/mol. The number of piperidine rings is 1. The van der Waals surface area contributed by atoms with E-state index in [9.17, 15) is 13.2 Å². The minimum Gasteiger partial charge on any atom is -0.338 e. The summed E-state index contributed by atoms with van der Waals surface area (Å²) in [5, 5.41) is 0.289. The maximum absolute atomic E-state index is 12.8. The smallest absolute Gasteiger partial charge is 0.255 e. The van der Waals surface area contributed by atoms with Crippen LogP contribution in [0.1, 0.15) is 44.0 Å². The number of rotatable bonds is 5. The highest BCUT2D eigenvalue weighted by Gasteiger charge is 2.27. The van der Waals surface area contributed by atoms with E-state index in [2.05, 4.69) is 6.92 Å². The van der Waals surface area contributed by atoms with Crippen LogP contribution in [0.2, 0.25) is 5.02 Å². The van der Waals surface area contributed by atoms with E-state index in [1.807, 2.05) is 0 Å². The summed E-state index contributed by atoms with van der Waals surface area (Å²) in [4.78, 5) is 14.7. The minimum absolute atomic E-state index is 0.115. The average Bonchev–Trinajstić information content (AvgIpc) is 2.55. The highest BCUT2D eigenvalue weighted by Crippen LogP contribution is 2.26. The zero-order valence-electron chi connectivity index (χ0n) is 14.5. The first kappa shape index (κ1) is 19.2. The summed E-state index contributed by atoms with van der Waals surface area (Å²) in [6.45, 7) is 7.83. The lowest BCUT2D eigenvalue weighted by atomic mass is 9.99. The van der Waals surface area contributed by atoms with E-state index >= 15 is 0 Å². The van der Waals surface area contributed by atoms with Gasteiger partial charge in [0.1, 0.15) is 0 Å². The van der Waals surface area contributed by atoms with Gasteiger partial charge in [0.15, 0.2) is 0 Å². The van der Waals surface area contributed by atoms with Crippen molar-refractivity contribution in [2.24, 2.45) is 5.92 Å². The summed E-state index contributed by atoms with van der Waals surface area (Å²) in [5.74, 6) is 0.257. The van der Waals surface area contributed by atoms with E-state index in [-0.39, 0.29) is 21.4 Å². The first-order valence-electron chi connectivity index (χ1n) is 8.40. The summed E-state index contributed by atoms with van der Waals surface area (Å²) in [6, 6.07) is 4.38. The third kappa shape index (κ3) is 3.92. The Morgan fingerprint density at radius 3 is 2.58 bits per heavy atom. The molecule has 1 aromatic carbocycles. The fourth-order valence-corrected chi connectivity index (χ4v) is 4.77. The van der Waals surface area contributed by atoms with Crippen LogP contribution in [0, 0.1) is 5.92 Å². The van der Waals surface area contributed by atoms with Gasteiger partial charge in [-0.3, -0.25) is 4.79 Å². The molecule has 0 saturated carbocycles. The highest BCUT2D eigenvalue weighted by atomic mass is 35.5. The number of carbonyl (C=O) groups excluding carboxylic acids is 1. The van der Waals surface area contributed by atoms with E-state index in [1.165, 1.54) is 22.5 Å². The van der Waals surface area contributed by atoms with E-state index in [0.717, 1.165) is 12.8 Å². The van der Waals surface area contributed by atoms with Crippen molar-refractivity contribution < 1.29 is 13.2 Å². The summed E-state index contributed by atoms with van der Waals surface area (Å²) >= 11 is 6.19. The van der Waals surface area contributed by atoms with Gasteiger partial charge in [-0.15, -0.1) is 0 Å². The van der Waals surface area contributed by atoms with Crippen LogP contribution in [-0.2, 0) is 10.0 Å². The van der Waals surface area contributed by atoms with Crippen molar-refractivity contribution in [1.29, 1.82) is 0 Å². The van der Waals surface area contributed by atoms with Crippen LogP contribution in [0.3, 0.4) is 0 Å². The molecular formula is C17H25ClN2O3S. The number of benzene rings is 1. The summed E-state index contributed by atoms with van der Waals surface area (Å²) in [7, 11) is -3.61. The zero-order valence-corrected chi connectivity index (χ0v) is 16.0. The first-order valence-corrected chi connectivity index (χ1v) is 10.2. The fourth-order valence-electron chi connectivity index (χ4n) is 3.09. The molecule has 0 N–H and O–H groups in total. The van der Waals surface area contributed by atoms with Gasteiger partial charge in [0.25, 0.3) is 5.91 Å². The number of likely N-dealkylation sites (tertiary alicyclic amines) is 1. The van der Waals surface area contributed by atoms with E-state index in [4.69, 9.17) is 11.6 Å². The lowest BCUT2D eigenvalue weighted by Gasteiger charge is -2.31. The average molecular weight is 373 g/mol. The maximum Gasteiger partial charge on any atom is 0.255 e. The second kappa shape index (κ2) is 7.85. The third-order valence-electron chi connectivity index (χ3n) is 4.46. The molecule has 0 bridgehead atoms. The normalized spacial score (nSPS) is 18.9. The van der Waals surface area contributed by atoms with E-state index < -0.39 is 10.0 Å². The Kier molecular flexibility index (Phi) is 6.28. The Morgan fingerprint density at radius 1 is 1.33 bits per heavy atom. The standard InChI is InChI=1S/C17H25ClN2O3S/c1-4-20(5-2)24(22,23)14-8-9-16(18)15(11-14)17(21)19-10-6-7-13(3)12-19/h8-9,11,13H,4-7,10,12H2,1-3H3/t13-/m0/s1. The lowest BCUT2D eigenvalue weighted by molar-refractivity contribution is 0.0683. The molecule has 1 aromatic rings. The van der Waals surface area contributed by atoms with Crippen molar-refractivity contribution >= 4 is 27.5 Å². The van der Waals surface area contributed by atoms with Crippen molar-refractivity contribution in [3.05, 3.63) is 28.8 Å². The summed E-state index contributed by atoms with van der Waals surface area (Å²) < 4.78 is 26.7. The number of carbonyl (C=O) groups is 1. The topological polar surface area (TPSA) is 57.7 Å². The molecule has 1 aliphatic rings. The molecule has 1 atom stereocenters. The molecule has 0 aliphatic carbocycles. The van der Waals surface area contributed by atoms with Gasteiger partial charge in [-0.25, -0.2) is 8.42 Å². The Labute approximate surface area is 149 Å². The van der Waals surface area contributed by atoms with Gasteiger partial charge in [0.2, 0.25) is 10.0 Å². The number of sulfonamides is 1. The van der Waals surface area contributed by atoms with Crippen LogP contribution in [0.15, 0.2) is 23.1 Å². The fraction of sp³-hybridized carbons (Fsp3) is 0.588. The van der Waals surface area contributed by atoms with Gasteiger partial charge in [0, 0.05) is 26.2 Å². The van der Waals surface area contributed by atoms with Gasteiger partial charge in [-0.2, -0.15) is 4.31 Å². The number of hydrogen-bond donors (Lipinski definition) is 0. The van der Waals surface area contributed by atoms with Crippen molar-refractivity contribution in [3.8, 4) is 0 Å². The molecule has 134 valence electrons. The van der Waals surface area contributed by atoms with Crippen LogP contribution >= 0.6 is 11.6 Å². The van der Waals surface area contributed by atoms with Crippen molar-refractivity contribution in [2.75, 3.05) is 26.2 Å². The number of amides is 1. The van der Waals surface area contributed by atoms with Crippen LogP contribution in [0.25, 0.3) is 0 Å². The van der Waals surface area contributed by atoms with Crippen molar-refractivity contribution in [3.63, 3.8) is 0 Å². The molecule has 2 rings (SSSR count). The molecule has 1 amide bonds. The number of hydrogen-bond acceptors (Lipinski definition) is 3. The Hall–Kier alpha value is -1.11. The first-order chi connectivity index (χ1) is 11.3. The second-order valence-electron chi connectivity index (χ2n) is 6.23. The molecule has 1 heterocycles. The number of halogens is 1. The maximum atomic E-state index is 12.8. The minimum atomic E-state index is -3.61. The molecule has 0 aromatic heterocycles. The van der Waals surface area contributed by atoms with E-state index in [0.29, 0.717) is 32.1 Å². The molecule has 7 heteroatoms. The third-order valence-corrected chi connectivity index (χ3v) is 6.83. The molecule has 0 radical (unpaired) electrons. The zero-order chi connectivity index (χ0) is 17.9. The quantitative estimate of drug-likeness (QED) is 0.797. The van der Waals surface area contributed by atoms with Crippen LogP contribution < -0.4 is 0 Å². The Balaban J connectivity index is 2.37. The molecule has 1 aliphatic heterocycles. The predicted octanol–water partition coefficient (Wildman–Crippen LogP) is 3.24. The van der Waals surface area contributed by atoms with Crippen LogP contribution in [0.5, 0.6) is 0 Å². The highest BCUT2D eigenvalue weighted by molar-refractivity contribution is 7.89. The van der Waals surface area contributed by atoms with Gasteiger partial charge in [-0.1, -0.05) is 32.4 Å². The molecule has 0 unspecified atom stereocenters. The van der Waals surface area contributed by atoms with Crippen LogP contribution in [-0.4, -0.2) is 49.7 Å². The van der Waals surface area contributed by atoms with Crippen molar-refractivity contribution in [1.82, 2.24) is 9.21 Å². The lowest BCUT2D eigenvalue weighted by Crippen LogP contribution is -2.39. The monoisotopic (exact) mass is 372 g/mol. The molecular weight excluding hydrogens is 348 g/mol. The largest absolute Gasteiger partial charge is 0.338 e. The molecule has 1 saturated heterocycles. The second-order valence-corrected chi connectivity index (χ2v) is 8.57. The van der Waals surface area contributed by atoms with Crippen LogP contribution in [0.4, 0.5) is 0 Å². The van der Waals surface area contributed by atoms with Gasteiger partial charge in [-0.05, 0) is 37.0 Å². The van der Waals surface area contributed by atoms with E-state index in [1.54, 1.807) is 18.7 Å².